The minimum atomic E-state index is -0.462. The van der Waals surface area contributed by atoms with Gasteiger partial charge in [-0.25, -0.2) is 0 Å². The molecule has 5 nitrogen and oxygen atoms in total. The summed E-state index contributed by atoms with van der Waals surface area (Å²) in [6.07, 6.45) is 4.35. The molecule has 0 aliphatic rings. The molecule has 1 aromatic heterocycles. The minimum Gasteiger partial charge on any atom is -0.321 e. The number of anilines is 1. The fraction of sp³-hybridized carbons (Fsp3) is 0.107. The molecule has 0 bridgehead atoms. The Balaban J connectivity index is 1.65. The average molecular weight is 467 g/mol. The number of nitrogens with zero attached hydrogens (tertiary/aromatic N) is 3. The second-order valence-electron chi connectivity index (χ2n) is 7.80. The van der Waals surface area contributed by atoms with Gasteiger partial charge >= 0.3 is 0 Å². The summed E-state index contributed by atoms with van der Waals surface area (Å²) in [5.41, 5.74) is 5.14. The van der Waals surface area contributed by atoms with E-state index in [0.29, 0.717) is 28.5 Å². The highest BCUT2D eigenvalue weighted by molar-refractivity contribution is 6.30. The Morgan fingerprint density at radius 3 is 2.35 bits per heavy atom. The minimum absolute atomic E-state index is 0.00259. The smallest absolute Gasteiger partial charge is 0.266 e. The molecule has 4 rings (SSSR count). The molecule has 6 heteroatoms. The van der Waals surface area contributed by atoms with Crippen LogP contribution in [0, 0.1) is 11.3 Å². The predicted molar refractivity (Wildman–Crippen MR) is 136 cm³/mol. The van der Waals surface area contributed by atoms with E-state index < -0.39 is 5.91 Å². The maximum atomic E-state index is 12.8. The summed E-state index contributed by atoms with van der Waals surface area (Å²) < 4.78 is 1.80. The molecule has 0 saturated heterocycles. The van der Waals surface area contributed by atoms with Crippen molar-refractivity contribution in [3.05, 3.63) is 112 Å². The van der Waals surface area contributed by atoms with Crippen molar-refractivity contribution in [2.45, 2.75) is 19.9 Å². The van der Waals surface area contributed by atoms with Gasteiger partial charge in [-0.15, -0.1) is 0 Å². The van der Waals surface area contributed by atoms with Crippen molar-refractivity contribution < 1.29 is 4.79 Å². The zero-order valence-corrected chi connectivity index (χ0v) is 19.5. The van der Waals surface area contributed by atoms with E-state index >= 15 is 0 Å². The summed E-state index contributed by atoms with van der Waals surface area (Å²) in [5, 5.41) is 18.0. The SMILES string of the molecule is CCc1ccc(NC(=O)/C(C#N)=C/c2cn(Cc3ccc(Cl)cc3)nc2-c2ccccc2)cc1. The summed E-state index contributed by atoms with van der Waals surface area (Å²) in [4.78, 5) is 12.8. The third kappa shape index (κ3) is 5.61. The lowest BCUT2D eigenvalue weighted by Gasteiger charge is -2.05. The van der Waals surface area contributed by atoms with E-state index in [1.54, 1.807) is 10.8 Å². The number of carbonyl (C=O) groups excluding carboxylic acids is 1. The van der Waals surface area contributed by atoms with Crippen LogP contribution >= 0.6 is 11.6 Å². The van der Waals surface area contributed by atoms with E-state index in [0.717, 1.165) is 17.5 Å². The summed E-state index contributed by atoms with van der Waals surface area (Å²) in [7, 11) is 0. The predicted octanol–water partition coefficient (Wildman–Crippen LogP) is 6.36. The molecule has 1 amide bonds. The van der Waals surface area contributed by atoms with Gasteiger partial charge in [-0.2, -0.15) is 10.4 Å². The third-order valence-corrected chi connectivity index (χ3v) is 5.63. The fourth-order valence-electron chi connectivity index (χ4n) is 3.55. The van der Waals surface area contributed by atoms with E-state index in [1.807, 2.05) is 91.1 Å². The Bertz CT molecular complexity index is 1350. The number of hydrogen-bond acceptors (Lipinski definition) is 3. The third-order valence-electron chi connectivity index (χ3n) is 5.38. The standard InChI is InChI=1S/C28H23ClN4O/c1-2-20-10-14-26(15-11-20)31-28(34)23(17-30)16-24-19-33(18-21-8-12-25(29)13-9-21)32-27(24)22-6-4-3-5-7-22/h3-16,19H,2,18H2,1H3,(H,31,34)/b23-16+. The van der Waals surface area contributed by atoms with Gasteiger partial charge in [0, 0.05) is 28.0 Å². The van der Waals surface area contributed by atoms with Crippen LogP contribution in [0.4, 0.5) is 5.69 Å². The van der Waals surface area contributed by atoms with Gasteiger partial charge < -0.3 is 5.32 Å². The molecule has 0 saturated carbocycles. The first kappa shape index (κ1) is 23.0. The highest BCUT2D eigenvalue weighted by Crippen LogP contribution is 2.25. The fourth-order valence-corrected chi connectivity index (χ4v) is 3.67. The van der Waals surface area contributed by atoms with Crippen molar-refractivity contribution in [2.75, 3.05) is 5.32 Å². The molecule has 168 valence electrons. The zero-order valence-electron chi connectivity index (χ0n) is 18.7. The number of nitriles is 1. The molecule has 1 heterocycles. The Labute approximate surface area is 203 Å². The van der Waals surface area contributed by atoms with Gasteiger partial charge in [0.2, 0.25) is 0 Å². The Hall–Kier alpha value is -4.14. The van der Waals surface area contributed by atoms with E-state index in [4.69, 9.17) is 16.7 Å². The van der Waals surface area contributed by atoms with Crippen LogP contribution < -0.4 is 5.32 Å². The summed E-state index contributed by atoms with van der Waals surface area (Å²) in [6.45, 7) is 2.60. The number of nitrogens with one attached hydrogen (secondary N) is 1. The van der Waals surface area contributed by atoms with Crippen LogP contribution in [-0.4, -0.2) is 15.7 Å². The zero-order chi connectivity index (χ0) is 23.9. The van der Waals surface area contributed by atoms with Crippen LogP contribution in [0.15, 0.2) is 90.6 Å². The molecule has 4 aromatic rings. The maximum absolute atomic E-state index is 12.8. The highest BCUT2D eigenvalue weighted by Gasteiger charge is 2.15. The van der Waals surface area contributed by atoms with E-state index in [9.17, 15) is 10.1 Å². The van der Waals surface area contributed by atoms with Crippen molar-refractivity contribution in [1.82, 2.24) is 9.78 Å². The van der Waals surface area contributed by atoms with Crippen molar-refractivity contribution in [3.8, 4) is 17.3 Å². The van der Waals surface area contributed by atoms with Crippen LogP contribution in [0.3, 0.4) is 0 Å². The average Bonchev–Trinajstić information content (AvgIpc) is 3.27. The van der Waals surface area contributed by atoms with E-state index in [1.165, 1.54) is 5.56 Å². The quantitative estimate of drug-likeness (QED) is 0.254. The van der Waals surface area contributed by atoms with Gasteiger partial charge in [0.1, 0.15) is 11.6 Å². The first-order valence-corrected chi connectivity index (χ1v) is 11.3. The second kappa shape index (κ2) is 10.7. The number of halogens is 1. The number of rotatable bonds is 7. The van der Waals surface area contributed by atoms with Gasteiger partial charge in [0.15, 0.2) is 0 Å². The normalized spacial score (nSPS) is 11.1. The molecule has 0 radical (unpaired) electrons. The van der Waals surface area contributed by atoms with Crippen LogP contribution in [-0.2, 0) is 17.8 Å². The molecular formula is C28H23ClN4O. The number of aromatic nitrogens is 2. The number of hydrogen-bond donors (Lipinski definition) is 1. The van der Waals surface area contributed by atoms with Crippen LogP contribution in [0.5, 0.6) is 0 Å². The van der Waals surface area contributed by atoms with Crippen molar-refractivity contribution in [2.24, 2.45) is 0 Å². The summed E-state index contributed by atoms with van der Waals surface area (Å²) in [6, 6.07) is 26.9. The molecule has 0 aliphatic carbocycles. The molecule has 0 spiro atoms. The lowest BCUT2D eigenvalue weighted by molar-refractivity contribution is -0.112. The van der Waals surface area contributed by atoms with Gasteiger partial charge in [-0.05, 0) is 47.9 Å². The molecule has 1 N–H and O–H groups in total. The van der Waals surface area contributed by atoms with Crippen LogP contribution in [0.2, 0.25) is 5.02 Å². The van der Waals surface area contributed by atoms with Crippen molar-refractivity contribution >= 4 is 29.3 Å². The van der Waals surface area contributed by atoms with Crippen LogP contribution in [0.25, 0.3) is 17.3 Å². The van der Waals surface area contributed by atoms with Gasteiger partial charge in [0.05, 0.1) is 12.2 Å². The number of amides is 1. The Morgan fingerprint density at radius 1 is 1.03 bits per heavy atom. The molecule has 0 aliphatic heterocycles. The van der Waals surface area contributed by atoms with Crippen LogP contribution in [0.1, 0.15) is 23.6 Å². The van der Waals surface area contributed by atoms with Gasteiger partial charge in [-0.1, -0.05) is 73.1 Å². The number of carbonyl (C=O) groups is 1. The molecule has 0 fully saturated rings. The Morgan fingerprint density at radius 2 is 1.71 bits per heavy atom. The number of aryl methyl sites for hydroxylation is 1. The summed E-state index contributed by atoms with van der Waals surface area (Å²) in [5.74, 6) is -0.462. The topological polar surface area (TPSA) is 70.7 Å². The molecule has 0 atom stereocenters. The molecule has 3 aromatic carbocycles. The van der Waals surface area contributed by atoms with Gasteiger partial charge in [-0.3, -0.25) is 9.48 Å². The molecule has 0 unspecified atom stereocenters. The van der Waals surface area contributed by atoms with Crippen molar-refractivity contribution in [1.29, 1.82) is 5.26 Å². The highest BCUT2D eigenvalue weighted by atomic mass is 35.5. The molecule has 34 heavy (non-hydrogen) atoms. The lowest BCUT2D eigenvalue weighted by atomic mass is 10.1. The second-order valence-corrected chi connectivity index (χ2v) is 8.23. The Kier molecular flexibility index (Phi) is 7.22. The maximum Gasteiger partial charge on any atom is 0.266 e. The van der Waals surface area contributed by atoms with E-state index in [2.05, 4.69) is 12.2 Å². The summed E-state index contributed by atoms with van der Waals surface area (Å²) >= 11 is 6.00. The van der Waals surface area contributed by atoms with E-state index in [-0.39, 0.29) is 5.57 Å². The number of benzene rings is 3. The van der Waals surface area contributed by atoms with Gasteiger partial charge in [0.25, 0.3) is 5.91 Å². The molecular weight excluding hydrogens is 444 g/mol. The first-order chi connectivity index (χ1) is 16.6. The largest absolute Gasteiger partial charge is 0.321 e. The monoisotopic (exact) mass is 466 g/mol. The first-order valence-electron chi connectivity index (χ1n) is 10.9. The lowest BCUT2D eigenvalue weighted by Crippen LogP contribution is -2.13. The van der Waals surface area contributed by atoms with Crippen molar-refractivity contribution in [3.63, 3.8) is 0 Å².